The Bertz CT molecular complexity index is 1400. The number of carbonyl (C=O) groups is 2. The lowest BCUT2D eigenvalue weighted by Crippen LogP contribution is -2.46. The lowest BCUT2D eigenvalue weighted by Gasteiger charge is -2.35. The summed E-state index contributed by atoms with van der Waals surface area (Å²) in [6.45, 7) is 0.664. The Hall–Kier alpha value is -4.11. The quantitative estimate of drug-likeness (QED) is 0.0540. The van der Waals surface area contributed by atoms with Crippen molar-refractivity contribution in [3.8, 4) is 0 Å². The van der Waals surface area contributed by atoms with Gasteiger partial charge in [-0.2, -0.15) is 0 Å². The number of aliphatic hydroxyl groups is 1. The molecule has 0 amide bonds. The maximum Gasteiger partial charge on any atom is 0.328 e. The molecule has 0 spiro atoms. The minimum atomic E-state index is -1.00. The van der Waals surface area contributed by atoms with E-state index < -0.39 is 5.97 Å². The maximum absolute atomic E-state index is 12.0. The highest BCUT2D eigenvalue weighted by Crippen LogP contribution is 2.35. The molecule has 1 aromatic heterocycles. The maximum atomic E-state index is 12.0. The normalized spacial score (nSPS) is 17.2. The molecular formula is C36H48N5O4-. The Morgan fingerprint density at radius 3 is 2.47 bits per heavy atom. The molecule has 0 saturated heterocycles. The zero-order valence-electron chi connectivity index (χ0n) is 26.1. The topological polar surface area (TPSA) is 155 Å². The van der Waals surface area contributed by atoms with Gasteiger partial charge in [-0.3, -0.25) is 4.99 Å². The fourth-order valence-corrected chi connectivity index (χ4v) is 6.39. The molecule has 4 rings (SSSR count). The van der Waals surface area contributed by atoms with Crippen LogP contribution in [0, 0.1) is 5.92 Å². The number of unbranched alkanes of at least 4 members (excludes halogenated alkanes) is 3. The van der Waals surface area contributed by atoms with E-state index in [-0.39, 0.29) is 30.5 Å². The molecule has 4 unspecified atom stereocenters. The van der Waals surface area contributed by atoms with Gasteiger partial charge >= 0.3 is 5.97 Å². The third-order valence-corrected chi connectivity index (χ3v) is 8.81. The number of hydrogen-bond acceptors (Lipinski definition) is 6. The first-order chi connectivity index (χ1) is 22.0. The second-order valence-electron chi connectivity index (χ2n) is 12.1. The van der Waals surface area contributed by atoms with E-state index in [0.717, 1.165) is 57.7 Å². The van der Waals surface area contributed by atoms with Crippen LogP contribution < -0.4 is 11.1 Å². The lowest BCUT2D eigenvalue weighted by atomic mass is 9.84. The number of carboxylic acid groups (broad SMARTS) is 1. The number of rotatable bonds is 20. The van der Waals surface area contributed by atoms with Crippen LogP contribution >= 0.6 is 0 Å². The van der Waals surface area contributed by atoms with Gasteiger partial charge < -0.3 is 36.4 Å². The highest BCUT2D eigenvalue weighted by molar-refractivity contribution is 5.84. The van der Waals surface area contributed by atoms with Crippen LogP contribution in [0.2, 0.25) is 0 Å². The van der Waals surface area contributed by atoms with Gasteiger partial charge in [0.1, 0.15) is 6.29 Å². The van der Waals surface area contributed by atoms with Crippen molar-refractivity contribution < 1.29 is 19.8 Å². The number of carbonyl (C=O) groups excluding carboxylic acids is 1. The minimum Gasteiger partial charge on any atom is -0.478 e. The smallest absolute Gasteiger partial charge is 0.328 e. The number of aliphatic carboxylic acids is 1. The molecule has 2 aromatic carbocycles. The molecule has 0 aliphatic carbocycles. The third-order valence-electron chi connectivity index (χ3n) is 8.81. The number of benzene rings is 2. The Morgan fingerprint density at radius 2 is 1.76 bits per heavy atom. The van der Waals surface area contributed by atoms with Crippen LogP contribution in [0.3, 0.4) is 0 Å². The second-order valence-corrected chi connectivity index (χ2v) is 12.1. The van der Waals surface area contributed by atoms with Gasteiger partial charge in [0, 0.05) is 25.1 Å². The van der Waals surface area contributed by atoms with Gasteiger partial charge in [0.15, 0.2) is 5.96 Å². The molecule has 6 N–H and O–H groups in total. The number of aldehydes is 1. The number of carboxylic acids is 1. The predicted molar refractivity (Wildman–Crippen MR) is 181 cm³/mol. The summed E-state index contributed by atoms with van der Waals surface area (Å²) in [6, 6.07) is 18.3. The van der Waals surface area contributed by atoms with Gasteiger partial charge in [0.2, 0.25) is 0 Å². The molecule has 9 heteroatoms. The number of guanidine groups is 1. The summed E-state index contributed by atoms with van der Waals surface area (Å²) in [5.74, 6) is 0.349. The number of aliphatic hydroxyl groups excluding tert-OH is 1. The molecule has 2 heterocycles. The van der Waals surface area contributed by atoms with Crippen molar-refractivity contribution in [2.75, 3.05) is 13.2 Å². The number of nitrogens with two attached hydrogens (primary N) is 1. The Balaban J connectivity index is 1.49. The van der Waals surface area contributed by atoms with Crippen molar-refractivity contribution in [3.05, 3.63) is 83.3 Å². The molecule has 0 saturated carbocycles. The molecule has 9 nitrogen and oxygen atoms in total. The number of H-pyrrole nitrogens is 1. The van der Waals surface area contributed by atoms with Crippen molar-refractivity contribution in [1.82, 2.24) is 10.3 Å². The lowest BCUT2D eigenvalue weighted by molar-refractivity contribution is -0.131. The van der Waals surface area contributed by atoms with E-state index in [1.165, 1.54) is 22.4 Å². The number of aromatic amines is 1. The number of nitrogens with one attached hydrogen (secondary N) is 2. The van der Waals surface area contributed by atoms with Crippen molar-refractivity contribution >= 4 is 34.8 Å². The molecule has 0 radical (unpaired) electrons. The molecule has 4 atom stereocenters. The van der Waals surface area contributed by atoms with E-state index in [1.54, 1.807) is 0 Å². The summed E-state index contributed by atoms with van der Waals surface area (Å²) in [7, 11) is 0. The monoisotopic (exact) mass is 614 g/mol. The fraction of sp³-hybridized carbons (Fsp3) is 0.472. The molecule has 1 aliphatic heterocycles. The molecule has 45 heavy (non-hydrogen) atoms. The van der Waals surface area contributed by atoms with Gasteiger partial charge in [-0.1, -0.05) is 92.3 Å². The third kappa shape index (κ3) is 10.8. The Kier molecular flexibility index (Phi) is 13.5. The van der Waals surface area contributed by atoms with Gasteiger partial charge in [-0.15, -0.1) is 0 Å². The first-order valence-corrected chi connectivity index (χ1v) is 16.4. The van der Waals surface area contributed by atoms with Gasteiger partial charge in [-0.05, 0) is 78.8 Å². The SMILES string of the molecule is NC1=NCCC(C(=CC(=O)O)C(CCC(CCCCCCC(C=O)CCCO)c2ccc3ccccc3c2)[N-]c2ccc[nH]2)N1. The molecule has 0 bridgehead atoms. The van der Waals surface area contributed by atoms with Crippen molar-refractivity contribution in [2.45, 2.75) is 88.6 Å². The first-order valence-electron chi connectivity index (χ1n) is 16.4. The summed E-state index contributed by atoms with van der Waals surface area (Å²) in [5.41, 5.74) is 8.00. The second kappa shape index (κ2) is 18.0. The number of aromatic nitrogens is 1. The van der Waals surface area contributed by atoms with Crippen LogP contribution in [0.1, 0.15) is 82.1 Å². The highest BCUT2D eigenvalue weighted by atomic mass is 16.4. The van der Waals surface area contributed by atoms with Crippen molar-refractivity contribution in [3.63, 3.8) is 0 Å². The van der Waals surface area contributed by atoms with Crippen molar-refractivity contribution in [2.24, 2.45) is 16.6 Å². The molecule has 3 aromatic rings. The summed E-state index contributed by atoms with van der Waals surface area (Å²) < 4.78 is 0. The number of hydrogen-bond donors (Lipinski definition) is 5. The summed E-state index contributed by atoms with van der Waals surface area (Å²) >= 11 is 0. The van der Waals surface area contributed by atoms with Gasteiger partial charge in [0.05, 0.1) is 6.04 Å². The van der Waals surface area contributed by atoms with Crippen molar-refractivity contribution in [1.29, 1.82) is 0 Å². The van der Waals surface area contributed by atoms with Gasteiger partial charge in [0.25, 0.3) is 0 Å². The highest BCUT2D eigenvalue weighted by Gasteiger charge is 2.25. The average molecular weight is 615 g/mol. The summed E-state index contributed by atoms with van der Waals surface area (Å²) in [6.07, 6.45) is 13.9. The van der Waals surface area contributed by atoms with Crippen LogP contribution in [-0.4, -0.2) is 58.6 Å². The number of aliphatic imine (C=N–C) groups is 1. The molecular weight excluding hydrogens is 566 g/mol. The Labute approximate surface area is 266 Å². The largest absolute Gasteiger partial charge is 0.478 e. The number of nitrogens with zero attached hydrogens (tertiary/aromatic N) is 2. The van der Waals surface area contributed by atoms with E-state index in [9.17, 15) is 14.7 Å². The minimum absolute atomic E-state index is 0.0381. The molecule has 0 fully saturated rings. The van der Waals surface area contributed by atoms with Crippen LogP contribution in [-0.2, 0) is 9.59 Å². The predicted octanol–water partition coefficient (Wildman–Crippen LogP) is 6.72. The van der Waals surface area contributed by atoms with E-state index in [0.29, 0.717) is 43.2 Å². The van der Waals surface area contributed by atoms with E-state index in [1.807, 2.05) is 18.3 Å². The van der Waals surface area contributed by atoms with Crippen LogP contribution in [0.25, 0.3) is 16.1 Å². The first kappa shape index (κ1) is 33.8. The van der Waals surface area contributed by atoms with E-state index in [2.05, 4.69) is 57.8 Å². The Morgan fingerprint density at radius 1 is 0.978 bits per heavy atom. The fourth-order valence-electron chi connectivity index (χ4n) is 6.39. The molecule has 242 valence electrons. The van der Waals surface area contributed by atoms with Crippen LogP contribution in [0.4, 0.5) is 5.82 Å². The van der Waals surface area contributed by atoms with Crippen LogP contribution in [0.5, 0.6) is 0 Å². The van der Waals surface area contributed by atoms with E-state index in [4.69, 9.17) is 16.2 Å². The summed E-state index contributed by atoms with van der Waals surface area (Å²) in [4.78, 5) is 30.8. The standard InChI is InChI=1S/C36H48N5O4/c37-36-39-21-19-33(41-36)31(24-35(44)45)32(40-34-14-7-20-38-34)18-17-28(30-16-15-27-12-5-6-13-29(27)23-30)11-4-2-1-3-9-26(25-43)10-8-22-42/h5-7,12-16,20,23-26,28,32-33,38,42H,1-4,8-11,17-19,21-22H2,(H,44,45)(H3,37,39,41)/q-1. The average Bonchev–Trinajstić information content (AvgIpc) is 3.56. The van der Waals surface area contributed by atoms with Gasteiger partial charge in [-0.25, -0.2) is 4.79 Å². The zero-order valence-corrected chi connectivity index (χ0v) is 26.1. The summed E-state index contributed by atoms with van der Waals surface area (Å²) in [5, 5.41) is 29.5. The van der Waals surface area contributed by atoms with E-state index >= 15 is 0 Å². The van der Waals surface area contributed by atoms with Crippen LogP contribution in [0.15, 0.2) is 77.4 Å². The number of fused-ring (bicyclic) bond motifs is 1. The zero-order chi connectivity index (χ0) is 31.9. The molecule has 1 aliphatic rings.